The predicted molar refractivity (Wildman–Crippen MR) is 63.2 cm³/mol. The van der Waals surface area contributed by atoms with Crippen LogP contribution >= 0.6 is 23.5 Å². The summed E-state index contributed by atoms with van der Waals surface area (Å²) >= 11 is 3.30. The molecule has 1 N–H and O–H groups in total. The minimum absolute atomic E-state index is 0.632. The van der Waals surface area contributed by atoms with E-state index in [1.165, 1.54) is 16.7 Å². The molecule has 0 spiro atoms. The molecule has 0 radical (unpaired) electrons. The lowest BCUT2D eigenvalue weighted by atomic mass is 10.2. The van der Waals surface area contributed by atoms with Crippen LogP contribution in [0.1, 0.15) is 12.5 Å². The molecular weight excluding hydrogens is 198 g/mol. The van der Waals surface area contributed by atoms with Gasteiger partial charge in [-0.25, -0.2) is 0 Å². The number of thioether (sulfide) groups is 2. The predicted octanol–water partition coefficient (Wildman–Crippen LogP) is 3.49. The fraction of sp³-hybridized carbons (Fsp3) is 0.300. The van der Waals surface area contributed by atoms with Crippen LogP contribution in [0, 0.1) is 5.41 Å². The lowest BCUT2D eigenvalue weighted by molar-refractivity contribution is 1.41. The van der Waals surface area contributed by atoms with Crippen LogP contribution in [0.3, 0.4) is 0 Å². The smallest absolute Gasteiger partial charge is 0.0939 e. The summed E-state index contributed by atoms with van der Waals surface area (Å²) in [4.78, 5) is 1.28. The van der Waals surface area contributed by atoms with Crippen molar-refractivity contribution in [3.63, 3.8) is 0 Å². The van der Waals surface area contributed by atoms with E-state index in [4.69, 9.17) is 5.41 Å². The van der Waals surface area contributed by atoms with Gasteiger partial charge in [-0.1, -0.05) is 19.1 Å². The van der Waals surface area contributed by atoms with Crippen molar-refractivity contribution in [1.29, 1.82) is 5.41 Å². The Labute approximate surface area is 87.8 Å². The summed E-state index contributed by atoms with van der Waals surface area (Å²) in [5.74, 6) is 1.10. The summed E-state index contributed by atoms with van der Waals surface area (Å²) in [6, 6.07) is 8.18. The first-order chi connectivity index (χ1) is 6.27. The van der Waals surface area contributed by atoms with Crippen LogP contribution in [0.25, 0.3) is 0 Å². The summed E-state index contributed by atoms with van der Waals surface area (Å²) in [7, 11) is 0. The second-order valence-corrected chi connectivity index (χ2v) is 4.64. The lowest BCUT2D eigenvalue weighted by Crippen LogP contribution is -1.90. The Kier molecular flexibility index (Phi) is 4.39. The van der Waals surface area contributed by atoms with E-state index in [-0.39, 0.29) is 0 Å². The Balaban J connectivity index is 2.75. The summed E-state index contributed by atoms with van der Waals surface area (Å²) in [5.41, 5.74) is 1.01. The normalized spacial score (nSPS) is 10.0. The molecule has 0 aliphatic heterocycles. The van der Waals surface area contributed by atoms with Crippen molar-refractivity contribution in [1.82, 2.24) is 0 Å². The molecule has 0 bridgehead atoms. The van der Waals surface area contributed by atoms with E-state index in [1.807, 2.05) is 30.2 Å². The summed E-state index contributed by atoms with van der Waals surface area (Å²) < 4.78 is 0. The first kappa shape index (κ1) is 10.7. The molecule has 0 saturated carbocycles. The minimum atomic E-state index is 0.632. The number of rotatable bonds is 3. The summed E-state index contributed by atoms with van der Waals surface area (Å²) in [6.07, 6.45) is 1.93. The quantitative estimate of drug-likeness (QED) is 0.470. The van der Waals surface area contributed by atoms with Gasteiger partial charge >= 0.3 is 0 Å². The van der Waals surface area contributed by atoms with Crippen molar-refractivity contribution in [2.45, 2.75) is 11.8 Å². The molecule has 13 heavy (non-hydrogen) atoms. The van der Waals surface area contributed by atoms with Gasteiger partial charge in [0.25, 0.3) is 0 Å². The van der Waals surface area contributed by atoms with Crippen molar-refractivity contribution in [2.24, 2.45) is 0 Å². The molecule has 0 heterocycles. The van der Waals surface area contributed by atoms with E-state index in [2.05, 4.69) is 19.1 Å². The van der Waals surface area contributed by atoms with Crippen molar-refractivity contribution in [3.8, 4) is 0 Å². The van der Waals surface area contributed by atoms with Crippen molar-refractivity contribution >= 4 is 28.6 Å². The summed E-state index contributed by atoms with van der Waals surface area (Å²) in [5, 5.41) is 8.24. The maximum absolute atomic E-state index is 7.61. The van der Waals surface area contributed by atoms with Crippen LogP contribution in [0.15, 0.2) is 29.2 Å². The maximum atomic E-state index is 7.61. The Morgan fingerprint density at radius 1 is 1.31 bits per heavy atom. The zero-order valence-electron chi connectivity index (χ0n) is 7.83. The van der Waals surface area contributed by atoms with Gasteiger partial charge in [0.2, 0.25) is 0 Å². The van der Waals surface area contributed by atoms with Gasteiger partial charge in [-0.15, -0.1) is 23.5 Å². The molecule has 70 valence electrons. The zero-order valence-corrected chi connectivity index (χ0v) is 9.47. The van der Waals surface area contributed by atoms with Gasteiger partial charge in [-0.3, -0.25) is 5.41 Å². The maximum Gasteiger partial charge on any atom is 0.0939 e. The Hall–Kier alpha value is -0.410. The topological polar surface area (TPSA) is 23.9 Å². The van der Waals surface area contributed by atoms with Gasteiger partial charge in [-0.05, 0) is 24.1 Å². The molecule has 0 aliphatic rings. The van der Waals surface area contributed by atoms with Crippen molar-refractivity contribution < 1.29 is 0 Å². The highest BCUT2D eigenvalue weighted by atomic mass is 32.2. The number of hydrogen-bond donors (Lipinski definition) is 1. The standard InChI is InChI=1S/C10H13NS2/c1-3-13-9-6-4-8(5-7-9)10(11)12-2/h4-7,11H,3H2,1-2H3. The molecule has 0 saturated heterocycles. The molecule has 0 amide bonds. The van der Waals surface area contributed by atoms with E-state index in [0.29, 0.717) is 5.04 Å². The Morgan fingerprint density at radius 2 is 1.92 bits per heavy atom. The Morgan fingerprint density at radius 3 is 2.38 bits per heavy atom. The molecule has 0 unspecified atom stereocenters. The molecule has 0 atom stereocenters. The number of nitrogens with one attached hydrogen (secondary N) is 1. The first-order valence-corrected chi connectivity index (χ1v) is 6.34. The average molecular weight is 211 g/mol. The fourth-order valence-corrected chi connectivity index (χ4v) is 2.02. The van der Waals surface area contributed by atoms with Crippen LogP contribution in [0.2, 0.25) is 0 Å². The van der Waals surface area contributed by atoms with E-state index in [1.54, 1.807) is 0 Å². The van der Waals surface area contributed by atoms with Crippen molar-refractivity contribution in [3.05, 3.63) is 29.8 Å². The van der Waals surface area contributed by atoms with Crippen LogP contribution < -0.4 is 0 Å². The molecule has 0 aromatic heterocycles. The monoisotopic (exact) mass is 211 g/mol. The van der Waals surface area contributed by atoms with Gasteiger partial charge in [0.05, 0.1) is 5.04 Å². The SMILES string of the molecule is CCSc1ccc(C(=N)SC)cc1. The molecule has 1 rings (SSSR count). The second-order valence-electron chi connectivity index (χ2n) is 2.49. The lowest BCUT2D eigenvalue weighted by Gasteiger charge is -2.01. The van der Waals surface area contributed by atoms with Crippen LogP contribution in [-0.4, -0.2) is 17.1 Å². The summed E-state index contributed by atoms with van der Waals surface area (Å²) in [6.45, 7) is 2.14. The fourth-order valence-electron chi connectivity index (χ4n) is 0.987. The highest BCUT2D eigenvalue weighted by Gasteiger charge is 1.98. The molecule has 0 aliphatic carbocycles. The molecular formula is C10H13NS2. The van der Waals surface area contributed by atoms with Crippen LogP contribution in [0.5, 0.6) is 0 Å². The van der Waals surface area contributed by atoms with E-state index in [0.717, 1.165) is 11.3 Å². The highest BCUT2D eigenvalue weighted by molar-refractivity contribution is 8.13. The Bertz CT molecular complexity index is 279. The van der Waals surface area contributed by atoms with Gasteiger partial charge in [0.1, 0.15) is 0 Å². The van der Waals surface area contributed by atoms with E-state index >= 15 is 0 Å². The minimum Gasteiger partial charge on any atom is -0.293 e. The van der Waals surface area contributed by atoms with Gasteiger partial charge in [0, 0.05) is 10.5 Å². The van der Waals surface area contributed by atoms with Gasteiger partial charge < -0.3 is 0 Å². The first-order valence-electron chi connectivity index (χ1n) is 4.13. The second kappa shape index (κ2) is 5.35. The third-order valence-electron chi connectivity index (χ3n) is 1.63. The molecule has 1 nitrogen and oxygen atoms in total. The van der Waals surface area contributed by atoms with E-state index in [9.17, 15) is 0 Å². The van der Waals surface area contributed by atoms with Crippen molar-refractivity contribution in [2.75, 3.05) is 12.0 Å². The highest BCUT2D eigenvalue weighted by Crippen LogP contribution is 2.19. The molecule has 1 aromatic rings. The molecule has 1 aromatic carbocycles. The molecule has 3 heteroatoms. The largest absolute Gasteiger partial charge is 0.293 e. The number of benzene rings is 1. The van der Waals surface area contributed by atoms with Crippen LogP contribution in [0.4, 0.5) is 0 Å². The van der Waals surface area contributed by atoms with Crippen LogP contribution in [-0.2, 0) is 0 Å². The van der Waals surface area contributed by atoms with E-state index < -0.39 is 0 Å². The van der Waals surface area contributed by atoms with Gasteiger partial charge in [-0.2, -0.15) is 0 Å². The number of hydrogen-bond acceptors (Lipinski definition) is 3. The van der Waals surface area contributed by atoms with Gasteiger partial charge in [0.15, 0.2) is 0 Å². The molecule has 0 fully saturated rings. The average Bonchev–Trinajstić information content (AvgIpc) is 2.18. The third-order valence-corrected chi connectivity index (χ3v) is 3.17. The third kappa shape index (κ3) is 3.08. The zero-order chi connectivity index (χ0) is 9.68.